The average Bonchev–Trinajstić information content (AvgIpc) is 3.06. The van der Waals surface area contributed by atoms with Gasteiger partial charge in [-0.2, -0.15) is 0 Å². The van der Waals surface area contributed by atoms with Crippen LogP contribution in [0.3, 0.4) is 0 Å². The van der Waals surface area contributed by atoms with Crippen LogP contribution < -0.4 is 11.1 Å². The molecule has 1 heterocycles. The molecular formula is C18H29F2N5O. The highest BCUT2D eigenvalue weighted by molar-refractivity contribution is 5.90. The first kappa shape index (κ1) is 19.2. The van der Waals surface area contributed by atoms with Crippen molar-refractivity contribution in [1.29, 1.82) is 0 Å². The number of rotatable bonds is 6. The minimum atomic E-state index is -1.16. The van der Waals surface area contributed by atoms with Crippen LogP contribution in [0.15, 0.2) is 6.20 Å². The third-order valence-electron chi connectivity index (χ3n) is 5.98. The van der Waals surface area contributed by atoms with E-state index in [9.17, 15) is 13.6 Å². The van der Waals surface area contributed by atoms with Crippen molar-refractivity contribution >= 4 is 11.7 Å². The lowest BCUT2D eigenvalue weighted by atomic mass is 9.72. The van der Waals surface area contributed by atoms with Crippen molar-refractivity contribution < 1.29 is 13.6 Å². The van der Waals surface area contributed by atoms with E-state index in [-0.39, 0.29) is 17.9 Å². The zero-order chi connectivity index (χ0) is 18.6. The molecule has 0 aromatic carbocycles. The first-order valence-corrected chi connectivity index (χ1v) is 9.69. The molecule has 1 aromatic heterocycles. The lowest BCUT2D eigenvalue weighted by Crippen LogP contribution is -2.36. The highest BCUT2D eigenvalue weighted by Gasteiger charge is 2.35. The molecule has 6 nitrogen and oxygen atoms in total. The zero-order valence-electron chi connectivity index (χ0n) is 15.2. The Labute approximate surface area is 152 Å². The number of nitrogens with zero attached hydrogens (tertiary/aromatic N) is 3. The average molecular weight is 369 g/mol. The van der Waals surface area contributed by atoms with E-state index in [0.717, 1.165) is 25.7 Å². The van der Waals surface area contributed by atoms with E-state index in [4.69, 9.17) is 5.73 Å². The molecule has 2 aliphatic rings. The molecule has 2 saturated carbocycles. The topological polar surface area (TPSA) is 85.8 Å². The van der Waals surface area contributed by atoms with E-state index in [2.05, 4.69) is 15.6 Å². The number of anilines is 1. The van der Waals surface area contributed by atoms with Crippen LogP contribution in [0.2, 0.25) is 0 Å². The van der Waals surface area contributed by atoms with Crippen molar-refractivity contribution in [3.63, 3.8) is 0 Å². The molecule has 0 spiro atoms. The molecule has 0 aliphatic heterocycles. The third-order valence-corrected chi connectivity index (χ3v) is 5.98. The van der Waals surface area contributed by atoms with E-state index in [1.165, 1.54) is 11.1 Å². The van der Waals surface area contributed by atoms with Gasteiger partial charge in [-0.15, -0.1) is 5.10 Å². The standard InChI is InChI=1S/C18H29F2N5O/c19-14-5-4-6-15(20)13(14)10-25-11-16(23-24-25)22-17(26)9-18(12-21)7-2-1-3-8-18/h11,13-15H,1-10,12,21H2,(H,22,26). The summed E-state index contributed by atoms with van der Waals surface area (Å²) in [5, 5.41) is 10.6. The van der Waals surface area contributed by atoms with Crippen LogP contribution in [-0.2, 0) is 11.3 Å². The molecule has 0 radical (unpaired) electrons. The van der Waals surface area contributed by atoms with Crippen LogP contribution in [-0.4, -0.2) is 39.8 Å². The van der Waals surface area contributed by atoms with Gasteiger partial charge < -0.3 is 11.1 Å². The summed E-state index contributed by atoms with van der Waals surface area (Å²) in [5.41, 5.74) is 5.81. The number of hydrogen-bond donors (Lipinski definition) is 2. The fraction of sp³-hybridized carbons (Fsp3) is 0.833. The summed E-state index contributed by atoms with van der Waals surface area (Å²) in [6.45, 7) is 0.641. The summed E-state index contributed by atoms with van der Waals surface area (Å²) in [6.07, 6.45) is 6.34. The molecule has 0 bridgehead atoms. The molecule has 2 fully saturated rings. The van der Waals surface area contributed by atoms with Crippen molar-refractivity contribution in [2.24, 2.45) is 17.1 Å². The van der Waals surface area contributed by atoms with Crippen molar-refractivity contribution in [2.45, 2.75) is 76.7 Å². The van der Waals surface area contributed by atoms with E-state index < -0.39 is 18.3 Å². The molecule has 26 heavy (non-hydrogen) atoms. The highest BCUT2D eigenvalue weighted by atomic mass is 19.1. The van der Waals surface area contributed by atoms with Gasteiger partial charge in [-0.05, 0) is 44.1 Å². The molecule has 8 heteroatoms. The Morgan fingerprint density at radius 3 is 2.58 bits per heavy atom. The molecule has 1 amide bonds. The van der Waals surface area contributed by atoms with Crippen LogP contribution in [0.25, 0.3) is 0 Å². The van der Waals surface area contributed by atoms with Crippen molar-refractivity contribution in [1.82, 2.24) is 15.0 Å². The van der Waals surface area contributed by atoms with Crippen molar-refractivity contribution in [2.75, 3.05) is 11.9 Å². The van der Waals surface area contributed by atoms with Gasteiger partial charge in [0.2, 0.25) is 5.91 Å². The van der Waals surface area contributed by atoms with Gasteiger partial charge in [-0.3, -0.25) is 4.79 Å². The summed E-state index contributed by atoms with van der Waals surface area (Å²) in [6, 6.07) is 0. The number of carbonyl (C=O) groups excluding carboxylic acids is 1. The molecule has 2 unspecified atom stereocenters. The first-order chi connectivity index (χ1) is 12.5. The summed E-state index contributed by atoms with van der Waals surface area (Å²) >= 11 is 0. The quantitative estimate of drug-likeness (QED) is 0.807. The summed E-state index contributed by atoms with van der Waals surface area (Å²) in [5.74, 6) is -0.509. The number of halogens is 2. The molecular weight excluding hydrogens is 340 g/mol. The number of carbonyl (C=O) groups is 1. The molecule has 1 aromatic rings. The molecule has 0 saturated heterocycles. The Morgan fingerprint density at radius 2 is 1.92 bits per heavy atom. The van der Waals surface area contributed by atoms with Crippen LogP contribution in [0.4, 0.5) is 14.6 Å². The number of amides is 1. The normalized spacial score (nSPS) is 28.7. The highest BCUT2D eigenvalue weighted by Crippen LogP contribution is 2.38. The van der Waals surface area contributed by atoms with Gasteiger partial charge in [0.05, 0.1) is 12.7 Å². The van der Waals surface area contributed by atoms with Crippen LogP contribution in [0.5, 0.6) is 0 Å². The second kappa shape index (κ2) is 8.41. The lowest BCUT2D eigenvalue weighted by molar-refractivity contribution is -0.118. The second-order valence-electron chi connectivity index (χ2n) is 7.94. The third kappa shape index (κ3) is 4.58. The van der Waals surface area contributed by atoms with Gasteiger partial charge in [0.25, 0.3) is 0 Å². The fourth-order valence-corrected chi connectivity index (χ4v) is 4.33. The van der Waals surface area contributed by atoms with E-state index in [1.807, 2.05) is 0 Å². The zero-order valence-corrected chi connectivity index (χ0v) is 15.2. The largest absolute Gasteiger partial charge is 0.330 e. The van der Waals surface area contributed by atoms with E-state index >= 15 is 0 Å². The number of nitrogens with two attached hydrogens (primary N) is 1. The Kier molecular flexibility index (Phi) is 6.21. The smallest absolute Gasteiger partial charge is 0.226 e. The maximum absolute atomic E-state index is 14.0. The van der Waals surface area contributed by atoms with Gasteiger partial charge in [-0.25, -0.2) is 13.5 Å². The SMILES string of the molecule is NCC1(CC(=O)Nc2cn(CC3C(F)CCCC3F)nn2)CCCCC1. The maximum Gasteiger partial charge on any atom is 0.226 e. The Balaban J connectivity index is 1.55. The van der Waals surface area contributed by atoms with E-state index in [0.29, 0.717) is 38.0 Å². The summed E-state index contributed by atoms with van der Waals surface area (Å²) in [7, 11) is 0. The van der Waals surface area contributed by atoms with E-state index in [1.54, 1.807) is 6.20 Å². The Hall–Kier alpha value is -1.57. The monoisotopic (exact) mass is 369 g/mol. The lowest BCUT2D eigenvalue weighted by Gasteiger charge is -2.35. The Bertz CT molecular complexity index is 592. The predicted molar refractivity (Wildman–Crippen MR) is 95.0 cm³/mol. The number of alkyl halides is 2. The summed E-state index contributed by atoms with van der Waals surface area (Å²) < 4.78 is 29.3. The van der Waals surface area contributed by atoms with Crippen LogP contribution >= 0.6 is 0 Å². The fourth-order valence-electron chi connectivity index (χ4n) is 4.33. The van der Waals surface area contributed by atoms with Gasteiger partial charge in [0.15, 0.2) is 5.82 Å². The van der Waals surface area contributed by atoms with Crippen molar-refractivity contribution in [3.05, 3.63) is 6.20 Å². The van der Waals surface area contributed by atoms with Gasteiger partial charge in [0.1, 0.15) is 12.3 Å². The Morgan fingerprint density at radius 1 is 1.23 bits per heavy atom. The van der Waals surface area contributed by atoms with Crippen LogP contribution in [0.1, 0.15) is 57.8 Å². The van der Waals surface area contributed by atoms with Gasteiger partial charge in [0, 0.05) is 12.3 Å². The first-order valence-electron chi connectivity index (χ1n) is 9.69. The number of nitrogens with one attached hydrogen (secondary N) is 1. The number of aromatic nitrogens is 3. The molecule has 3 N–H and O–H groups in total. The maximum atomic E-state index is 14.0. The minimum absolute atomic E-state index is 0.122. The predicted octanol–water partition coefficient (Wildman–Crippen LogP) is 2.99. The molecule has 3 rings (SSSR count). The minimum Gasteiger partial charge on any atom is -0.330 e. The molecule has 2 aliphatic carbocycles. The molecule has 2 atom stereocenters. The molecule has 146 valence electrons. The van der Waals surface area contributed by atoms with Crippen LogP contribution in [0, 0.1) is 11.3 Å². The second-order valence-corrected chi connectivity index (χ2v) is 7.94. The summed E-state index contributed by atoms with van der Waals surface area (Å²) in [4.78, 5) is 12.4. The van der Waals surface area contributed by atoms with Gasteiger partial charge >= 0.3 is 0 Å². The number of hydrogen-bond acceptors (Lipinski definition) is 4. The van der Waals surface area contributed by atoms with Gasteiger partial charge in [-0.1, -0.05) is 24.5 Å². The van der Waals surface area contributed by atoms with Crippen molar-refractivity contribution in [3.8, 4) is 0 Å².